The Bertz CT molecular complexity index is 658. The summed E-state index contributed by atoms with van der Waals surface area (Å²) >= 11 is 0. The lowest BCUT2D eigenvalue weighted by Gasteiger charge is -2.25. The second-order valence-corrected chi connectivity index (χ2v) is 4.74. The van der Waals surface area contributed by atoms with Gasteiger partial charge in [0.25, 0.3) is 0 Å². The lowest BCUT2D eigenvalue weighted by atomic mass is 10.1. The van der Waals surface area contributed by atoms with Crippen molar-refractivity contribution in [3.63, 3.8) is 0 Å². The Kier molecular flexibility index (Phi) is 4.42. The minimum absolute atomic E-state index is 0.165. The normalized spacial score (nSPS) is 10.4. The van der Waals surface area contributed by atoms with E-state index in [0.717, 1.165) is 5.69 Å². The molecule has 0 fully saturated rings. The van der Waals surface area contributed by atoms with Gasteiger partial charge in [0.15, 0.2) is 0 Å². The summed E-state index contributed by atoms with van der Waals surface area (Å²) in [7, 11) is 0. The number of benzene rings is 2. The van der Waals surface area contributed by atoms with Crippen LogP contribution in [0.1, 0.15) is 22.8 Å². The Labute approximate surface area is 123 Å². The number of nitrogens with zero attached hydrogens (tertiary/aromatic N) is 1. The highest BCUT2D eigenvalue weighted by Gasteiger charge is 2.12. The van der Waals surface area contributed by atoms with Crippen LogP contribution in [0.25, 0.3) is 0 Å². The number of amides is 1. The van der Waals surface area contributed by atoms with E-state index in [1.807, 2.05) is 36.1 Å². The third-order valence-corrected chi connectivity index (χ3v) is 3.36. The Hall–Kier alpha value is -2.56. The summed E-state index contributed by atoms with van der Waals surface area (Å²) in [6.45, 7) is 3.03. The Balaban J connectivity index is 2.27. The van der Waals surface area contributed by atoms with E-state index in [4.69, 9.17) is 11.5 Å². The number of nitrogens with two attached hydrogens (primary N) is 2. The molecule has 0 unspecified atom stereocenters. The molecule has 0 aliphatic heterocycles. The first-order chi connectivity index (χ1) is 10.0. The highest BCUT2D eigenvalue weighted by atomic mass is 19.1. The molecule has 4 nitrogen and oxygen atoms in total. The van der Waals surface area contributed by atoms with Gasteiger partial charge in [0.1, 0.15) is 5.82 Å². The number of carbonyl (C=O) groups excluding carboxylic acids is 1. The molecule has 0 heterocycles. The molecule has 1 amide bonds. The fourth-order valence-corrected chi connectivity index (χ4v) is 2.18. The predicted molar refractivity (Wildman–Crippen MR) is 82.5 cm³/mol. The molecule has 0 aliphatic carbocycles. The topological polar surface area (TPSA) is 72.3 Å². The zero-order chi connectivity index (χ0) is 15.4. The molecule has 4 N–H and O–H groups in total. The molecule has 110 valence electrons. The van der Waals surface area contributed by atoms with Crippen molar-refractivity contribution in [2.24, 2.45) is 5.73 Å². The number of hydrogen-bond acceptors (Lipinski definition) is 3. The van der Waals surface area contributed by atoms with Crippen LogP contribution >= 0.6 is 0 Å². The van der Waals surface area contributed by atoms with Crippen LogP contribution in [0.2, 0.25) is 0 Å². The van der Waals surface area contributed by atoms with E-state index in [0.29, 0.717) is 24.3 Å². The summed E-state index contributed by atoms with van der Waals surface area (Å²) in [5, 5.41) is 0. The van der Waals surface area contributed by atoms with E-state index < -0.39 is 11.7 Å². The first-order valence-electron chi connectivity index (χ1n) is 6.70. The molecule has 21 heavy (non-hydrogen) atoms. The number of nitrogen functional groups attached to an aromatic ring is 1. The Morgan fingerprint density at radius 1 is 1.24 bits per heavy atom. The summed E-state index contributed by atoms with van der Waals surface area (Å²) in [4.78, 5) is 13.0. The first kappa shape index (κ1) is 14.8. The molecule has 2 rings (SSSR count). The fraction of sp³-hybridized carbons (Fsp3) is 0.188. The molecule has 0 aromatic heterocycles. The van der Waals surface area contributed by atoms with Crippen molar-refractivity contribution >= 4 is 17.3 Å². The largest absolute Gasteiger partial charge is 0.397 e. The van der Waals surface area contributed by atoms with Crippen LogP contribution in [0.5, 0.6) is 0 Å². The van der Waals surface area contributed by atoms with Crippen LogP contribution in [0.4, 0.5) is 15.8 Å². The molecule has 2 aromatic rings. The van der Waals surface area contributed by atoms with Crippen molar-refractivity contribution in [1.82, 2.24) is 0 Å². The third kappa shape index (κ3) is 3.31. The summed E-state index contributed by atoms with van der Waals surface area (Å²) in [5.74, 6) is -1.08. The number of hydrogen-bond donors (Lipinski definition) is 2. The van der Waals surface area contributed by atoms with Crippen molar-refractivity contribution < 1.29 is 9.18 Å². The van der Waals surface area contributed by atoms with Gasteiger partial charge in [-0.25, -0.2) is 4.39 Å². The van der Waals surface area contributed by atoms with Crippen LogP contribution in [0, 0.1) is 5.82 Å². The number of para-hydroxylation sites is 2. The third-order valence-electron chi connectivity index (χ3n) is 3.36. The van der Waals surface area contributed by atoms with Crippen molar-refractivity contribution in [2.75, 3.05) is 17.2 Å². The van der Waals surface area contributed by atoms with E-state index in [-0.39, 0.29) is 5.56 Å². The van der Waals surface area contributed by atoms with Crippen LogP contribution < -0.4 is 16.4 Å². The van der Waals surface area contributed by atoms with Gasteiger partial charge in [-0.3, -0.25) is 4.79 Å². The standard InChI is InChI=1S/C16H18FN3O/c1-2-20(15-6-4-3-5-14(15)18)10-12-8-7-11(16(19)21)9-13(12)17/h3-9H,2,10,18H2,1H3,(H2,19,21). The number of anilines is 2. The maximum atomic E-state index is 14.1. The molecule has 0 bridgehead atoms. The molecular weight excluding hydrogens is 269 g/mol. The summed E-state index contributed by atoms with van der Waals surface area (Å²) in [5.41, 5.74) is 13.3. The zero-order valence-corrected chi connectivity index (χ0v) is 11.8. The SMILES string of the molecule is CCN(Cc1ccc(C(N)=O)cc1F)c1ccccc1N. The number of halogens is 1. The zero-order valence-electron chi connectivity index (χ0n) is 11.8. The average Bonchev–Trinajstić information content (AvgIpc) is 2.47. The molecule has 0 spiro atoms. The van der Waals surface area contributed by atoms with E-state index in [9.17, 15) is 9.18 Å². The molecule has 0 radical (unpaired) electrons. The van der Waals surface area contributed by atoms with Gasteiger partial charge in [0.2, 0.25) is 5.91 Å². The van der Waals surface area contributed by atoms with E-state index >= 15 is 0 Å². The molecule has 0 saturated carbocycles. The highest BCUT2D eigenvalue weighted by molar-refractivity contribution is 5.92. The highest BCUT2D eigenvalue weighted by Crippen LogP contribution is 2.24. The van der Waals surface area contributed by atoms with E-state index in [1.54, 1.807) is 6.07 Å². The quantitative estimate of drug-likeness (QED) is 0.830. The summed E-state index contributed by atoms with van der Waals surface area (Å²) in [6.07, 6.45) is 0. The number of rotatable bonds is 5. The second kappa shape index (κ2) is 6.26. The van der Waals surface area contributed by atoms with Crippen molar-refractivity contribution in [3.05, 3.63) is 59.4 Å². The maximum Gasteiger partial charge on any atom is 0.248 e. The van der Waals surface area contributed by atoms with Gasteiger partial charge in [0.05, 0.1) is 11.4 Å². The molecule has 0 saturated heterocycles. The molecule has 5 heteroatoms. The van der Waals surface area contributed by atoms with E-state index in [1.165, 1.54) is 12.1 Å². The summed E-state index contributed by atoms with van der Waals surface area (Å²) < 4.78 is 14.1. The van der Waals surface area contributed by atoms with Gasteiger partial charge < -0.3 is 16.4 Å². The average molecular weight is 287 g/mol. The van der Waals surface area contributed by atoms with Gasteiger partial charge in [0, 0.05) is 24.2 Å². The van der Waals surface area contributed by atoms with Crippen molar-refractivity contribution in [1.29, 1.82) is 0 Å². The Morgan fingerprint density at radius 3 is 2.52 bits per heavy atom. The lowest BCUT2D eigenvalue weighted by molar-refractivity contribution is 0.1000. The van der Waals surface area contributed by atoms with Gasteiger partial charge in [-0.2, -0.15) is 0 Å². The molecule has 2 aromatic carbocycles. The Morgan fingerprint density at radius 2 is 1.95 bits per heavy atom. The smallest absolute Gasteiger partial charge is 0.248 e. The van der Waals surface area contributed by atoms with Crippen LogP contribution in [0.3, 0.4) is 0 Å². The minimum Gasteiger partial charge on any atom is -0.397 e. The van der Waals surface area contributed by atoms with Crippen LogP contribution in [0.15, 0.2) is 42.5 Å². The predicted octanol–water partition coefficient (Wildman–Crippen LogP) is 2.53. The van der Waals surface area contributed by atoms with Crippen LogP contribution in [-0.4, -0.2) is 12.5 Å². The first-order valence-corrected chi connectivity index (χ1v) is 6.70. The number of carbonyl (C=O) groups is 1. The maximum absolute atomic E-state index is 14.1. The van der Waals surface area contributed by atoms with Crippen LogP contribution in [-0.2, 0) is 6.54 Å². The van der Waals surface area contributed by atoms with E-state index in [2.05, 4.69) is 0 Å². The number of primary amides is 1. The fourth-order valence-electron chi connectivity index (χ4n) is 2.18. The van der Waals surface area contributed by atoms with Gasteiger partial charge >= 0.3 is 0 Å². The monoisotopic (exact) mass is 287 g/mol. The molecular formula is C16H18FN3O. The van der Waals surface area contributed by atoms with Gasteiger partial charge in [-0.1, -0.05) is 18.2 Å². The van der Waals surface area contributed by atoms with Crippen molar-refractivity contribution in [2.45, 2.75) is 13.5 Å². The molecule has 0 aliphatic rings. The van der Waals surface area contributed by atoms with Crippen molar-refractivity contribution in [3.8, 4) is 0 Å². The van der Waals surface area contributed by atoms with Gasteiger partial charge in [-0.15, -0.1) is 0 Å². The second-order valence-electron chi connectivity index (χ2n) is 4.74. The molecule has 0 atom stereocenters. The lowest BCUT2D eigenvalue weighted by Crippen LogP contribution is -2.23. The minimum atomic E-state index is -0.639. The van der Waals surface area contributed by atoms with Gasteiger partial charge in [-0.05, 0) is 31.2 Å². The summed E-state index contributed by atoms with van der Waals surface area (Å²) in [6, 6.07) is 11.7.